The predicted octanol–water partition coefficient (Wildman–Crippen LogP) is 8.11. The fourth-order valence-electron chi connectivity index (χ4n) is 4.26. The lowest BCUT2D eigenvalue weighted by Crippen LogP contribution is -2.18. The van der Waals surface area contributed by atoms with Crippen LogP contribution in [0.4, 0.5) is 0 Å². The maximum absolute atomic E-state index is 12.8. The SMILES string of the molecule is Cc1ccc(-n2c(-c3ccccc3)cc(C=NNC(=O)c3cc(Br)cc(Br)c3O)c2-c2ccccc2)cc1. The fourth-order valence-corrected chi connectivity index (χ4v) is 5.49. The lowest BCUT2D eigenvalue weighted by Gasteiger charge is -2.15. The summed E-state index contributed by atoms with van der Waals surface area (Å²) < 4.78 is 3.28. The van der Waals surface area contributed by atoms with E-state index in [2.05, 4.69) is 108 Å². The first-order chi connectivity index (χ1) is 18.4. The van der Waals surface area contributed by atoms with E-state index in [0.717, 1.165) is 33.8 Å². The summed E-state index contributed by atoms with van der Waals surface area (Å²) in [5.74, 6) is -0.675. The first-order valence-electron chi connectivity index (χ1n) is 11.9. The third-order valence-electron chi connectivity index (χ3n) is 6.08. The molecular formula is C31H23Br2N3O2. The van der Waals surface area contributed by atoms with E-state index in [0.29, 0.717) is 8.95 Å². The minimum atomic E-state index is -0.525. The van der Waals surface area contributed by atoms with Crippen LogP contribution in [-0.2, 0) is 0 Å². The van der Waals surface area contributed by atoms with Crippen molar-refractivity contribution in [2.24, 2.45) is 5.10 Å². The molecule has 38 heavy (non-hydrogen) atoms. The average molecular weight is 629 g/mol. The van der Waals surface area contributed by atoms with Crippen molar-refractivity contribution in [3.05, 3.63) is 129 Å². The average Bonchev–Trinajstić information content (AvgIpc) is 3.31. The highest BCUT2D eigenvalue weighted by molar-refractivity contribution is 9.11. The van der Waals surface area contributed by atoms with E-state index in [4.69, 9.17) is 0 Å². The van der Waals surface area contributed by atoms with Crippen LogP contribution in [-0.4, -0.2) is 21.8 Å². The number of hydrazone groups is 1. The molecule has 188 valence electrons. The molecule has 0 bridgehead atoms. The van der Waals surface area contributed by atoms with Gasteiger partial charge >= 0.3 is 0 Å². The number of rotatable bonds is 6. The van der Waals surface area contributed by atoms with Crippen molar-refractivity contribution in [1.29, 1.82) is 0 Å². The molecule has 2 N–H and O–H groups in total. The molecule has 0 unspecified atom stereocenters. The van der Waals surface area contributed by atoms with E-state index in [1.165, 1.54) is 5.56 Å². The third-order valence-corrected chi connectivity index (χ3v) is 7.14. The molecule has 1 heterocycles. The standard InChI is InChI=1S/C31H23Br2N3O2/c1-20-12-14-25(15-13-20)36-28(21-8-4-2-5-9-21)16-23(29(36)22-10-6-3-7-11-22)19-34-35-31(38)26-17-24(32)18-27(33)30(26)37/h2-19,37H,1H3,(H,35,38). The number of amides is 1. The summed E-state index contributed by atoms with van der Waals surface area (Å²) in [5, 5.41) is 14.6. The minimum absolute atomic E-state index is 0.105. The molecule has 0 atom stereocenters. The molecule has 7 heteroatoms. The molecule has 5 aromatic rings. The Labute approximate surface area is 237 Å². The van der Waals surface area contributed by atoms with Crippen molar-refractivity contribution in [1.82, 2.24) is 9.99 Å². The van der Waals surface area contributed by atoms with Crippen LogP contribution in [0.5, 0.6) is 5.75 Å². The second kappa shape index (κ2) is 11.2. The predicted molar refractivity (Wildman–Crippen MR) is 160 cm³/mol. The van der Waals surface area contributed by atoms with Crippen molar-refractivity contribution in [2.45, 2.75) is 6.92 Å². The van der Waals surface area contributed by atoms with Crippen molar-refractivity contribution in [2.75, 3.05) is 0 Å². The van der Waals surface area contributed by atoms with Crippen LogP contribution in [0, 0.1) is 6.92 Å². The number of benzene rings is 4. The second-order valence-electron chi connectivity index (χ2n) is 8.72. The Kier molecular flexibility index (Phi) is 7.58. The summed E-state index contributed by atoms with van der Waals surface area (Å²) in [7, 11) is 0. The molecule has 0 aliphatic rings. The van der Waals surface area contributed by atoms with Crippen molar-refractivity contribution < 1.29 is 9.90 Å². The van der Waals surface area contributed by atoms with E-state index in [-0.39, 0.29) is 11.3 Å². The van der Waals surface area contributed by atoms with E-state index >= 15 is 0 Å². The van der Waals surface area contributed by atoms with E-state index in [9.17, 15) is 9.90 Å². The molecule has 4 aromatic carbocycles. The Morgan fingerprint density at radius 1 is 0.868 bits per heavy atom. The van der Waals surface area contributed by atoms with Gasteiger partial charge in [-0.1, -0.05) is 94.3 Å². The van der Waals surface area contributed by atoms with Gasteiger partial charge in [0, 0.05) is 15.7 Å². The maximum atomic E-state index is 12.8. The summed E-state index contributed by atoms with van der Waals surface area (Å²) in [6.07, 6.45) is 1.64. The number of hydrogen-bond acceptors (Lipinski definition) is 3. The third kappa shape index (κ3) is 5.35. The zero-order chi connectivity index (χ0) is 26.6. The minimum Gasteiger partial charge on any atom is -0.506 e. The summed E-state index contributed by atoms with van der Waals surface area (Å²) >= 11 is 6.62. The Hall–Kier alpha value is -3.94. The summed E-state index contributed by atoms with van der Waals surface area (Å²) in [6, 6.07) is 33.9. The van der Waals surface area contributed by atoms with Gasteiger partial charge in [-0.05, 0) is 64.3 Å². The number of aromatic nitrogens is 1. The topological polar surface area (TPSA) is 66.6 Å². The number of aromatic hydroxyl groups is 1. The van der Waals surface area contributed by atoms with Gasteiger partial charge in [-0.25, -0.2) is 5.43 Å². The maximum Gasteiger partial charge on any atom is 0.275 e. The number of halogens is 2. The number of nitrogens with zero attached hydrogens (tertiary/aromatic N) is 2. The molecule has 5 rings (SSSR count). The molecule has 0 radical (unpaired) electrons. The zero-order valence-electron chi connectivity index (χ0n) is 20.4. The second-order valence-corrected chi connectivity index (χ2v) is 10.5. The van der Waals surface area contributed by atoms with Gasteiger partial charge in [0.05, 0.1) is 27.6 Å². The lowest BCUT2D eigenvalue weighted by atomic mass is 10.1. The van der Waals surface area contributed by atoms with Crippen LogP contribution in [0.3, 0.4) is 0 Å². The van der Waals surface area contributed by atoms with Crippen LogP contribution >= 0.6 is 31.9 Å². The van der Waals surface area contributed by atoms with Crippen molar-refractivity contribution in [3.8, 4) is 34.0 Å². The normalized spacial score (nSPS) is 11.1. The highest BCUT2D eigenvalue weighted by atomic mass is 79.9. The van der Waals surface area contributed by atoms with Gasteiger partial charge in [-0.3, -0.25) is 4.79 Å². The van der Waals surface area contributed by atoms with Crippen LogP contribution in [0.2, 0.25) is 0 Å². The van der Waals surface area contributed by atoms with Crippen molar-refractivity contribution >= 4 is 44.0 Å². The molecule has 0 aliphatic heterocycles. The van der Waals surface area contributed by atoms with Gasteiger partial charge in [-0.2, -0.15) is 5.10 Å². The molecule has 1 amide bonds. The van der Waals surface area contributed by atoms with Gasteiger partial charge in [0.2, 0.25) is 0 Å². The highest BCUT2D eigenvalue weighted by Crippen LogP contribution is 2.36. The number of phenolic OH excluding ortho intramolecular Hbond substituents is 1. The molecule has 0 spiro atoms. The zero-order valence-corrected chi connectivity index (χ0v) is 23.6. The number of carbonyl (C=O) groups is 1. The highest BCUT2D eigenvalue weighted by Gasteiger charge is 2.19. The Balaban J connectivity index is 1.63. The summed E-state index contributed by atoms with van der Waals surface area (Å²) in [5.41, 5.74) is 9.69. The van der Waals surface area contributed by atoms with Gasteiger partial charge in [-0.15, -0.1) is 0 Å². The Morgan fingerprint density at radius 2 is 1.50 bits per heavy atom. The number of aryl methyl sites for hydroxylation is 1. The van der Waals surface area contributed by atoms with Gasteiger partial charge < -0.3 is 9.67 Å². The van der Waals surface area contributed by atoms with Crippen LogP contribution < -0.4 is 5.43 Å². The first-order valence-corrected chi connectivity index (χ1v) is 13.5. The van der Waals surface area contributed by atoms with E-state index in [1.54, 1.807) is 18.3 Å². The lowest BCUT2D eigenvalue weighted by molar-refractivity contribution is 0.0952. The fraction of sp³-hybridized carbons (Fsp3) is 0.0323. The smallest absolute Gasteiger partial charge is 0.275 e. The largest absolute Gasteiger partial charge is 0.506 e. The molecule has 0 saturated heterocycles. The molecule has 1 aromatic heterocycles. The number of nitrogens with one attached hydrogen (secondary N) is 1. The number of carbonyl (C=O) groups excluding carboxylic acids is 1. The monoisotopic (exact) mass is 627 g/mol. The summed E-state index contributed by atoms with van der Waals surface area (Å²) in [4.78, 5) is 12.8. The van der Waals surface area contributed by atoms with E-state index in [1.807, 2.05) is 36.4 Å². The number of hydrogen-bond donors (Lipinski definition) is 2. The Bertz CT molecular complexity index is 1630. The van der Waals surface area contributed by atoms with Gasteiger partial charge in [0.1, 0.15) is 5.75 Å². The first kappa shape index (κ1) is 25.7. The van der Waals surface area contributed by atoms with Crippen LogP contribution in [0.1, 0.15) is 21.5 Å². The quantitative estimate of drug-likeness (QED) is 0.147. The van der Waals surface area contributed by atoms with Gasteiger partial charge in [0.15, 0.2) is 0 Å². The molecular weight excluding hydrogens is 606 g/mol. The number of phenols is 1. The van der Waals surface area contributed by atoms with Gasteiger partial charge in [0.25, 0.3) is 5.91 Å². The molecule has 0 aliphatic carbocycles. The molecule has 0 fully saturated rings. The summed E-state index contributed by atoms with van der Waals surface area (Å²) in [6.45, 7) is 2.07. The Morgan fingerprint density at radius 3 is 2.16 bits per heavy atom. The van der Waals surface area contributed by atoms with Crippen LogP contribution in [0.15, 0.2) is 117 Å². The van der Waals surface area contributed by atoms with Crippen molar-refractivity contribution in [3.63, 3.8) is 0 Å². The molecule has 5 nitrogen and oxygen atoms in total. The van der Waals surface area contributed by atoms with Crippen LogP contribution in [0.25, 0.3) is 28.2 Å². The molecule has 0 saturated carbocycles. The van der Waals surface area contributed by atoms with E-state index < -0.39 is 5.91 Å².